The highest BCUT2D eigenvalue weighted by molar-refractivity contribution is 6.33. The zero-order valence-corrected chi connectivity index (χ0v) is 14.4. The molecule has 0 radical (unpaired) electrons. The number of hydrogen-bond acceptors (Lipinski definition) is 2. The van der Waals surface area contributed by atoms with E-state index in [0.29, 0.717) is 5.69 Å². The summed E-state index contributed by atoms with van der Waals surface area (Å²) in [6, 6.07) is 7.82. The molecule has 0 spiro atoms. The van der Waals surface area contributed by atoms with E-state index < -0.39 is 29.4 Å². The van der Waals surface area contributed by atoms with Gasteiger partial charge in [-0.1, -0.05) is 11.6 Å². The number of carbonyl (C=O) groups is 2. The monoisotopic (exact) mass is 400 g/mol. The Balaban J connectivity index is 1.74. The third-order valence-electron chi connectivity index (χ3n) is 4.19. The lowest BCUT2D eigenvalue weighted by molar-refractivity contribution is -0.137. The molecule has 9 heteroatoms. The fraction of sp³-hybridized carbons (Fsp3) is 0.222. The van der Waals surface area contributed by atoms with Crippen LogP contribution < -0.4 is 10.2 Å². The van der Waals surface area contributed by atoms with Gasteiger partial charge in [-0.25, -0.2) is 4.39 Å². The Bertz CT molecular complexity index is 884. The molecular formula is C18H13ClF4N2O2. The summed E-state index contributed by atoms with van der Waals surface area (Å²) in [6.07, 6.45) is -4.69. The van der Waals surface area contributed by atoms with Crippen LogP contribution in [0, 0.1) is 11.7 Å². The maximum atomic E-state index is 13.0. The molecule has 0 unspecified atom stereocenters. The molecule has 1 N–H and O–H groups in total. The molecule has 1 atom stereocenters. The molecule has 1 saturated heterocycles. The number of rotatable bonds is 3. The molecule has 0 aromatic heterocycles. The van der Waals surface area contributed by atoms with Crippen molar-refractivity contribution in [3.05, 3.63) is 58.9 Å². The summed E-state index contributed by atoms with van der Waals surface area (Å²) < 4.78 is 51.5. The Morgan fingerprint density at radius 2 is 1.81 bits per heavy atom. The number of anilines is 2. The van der Waals surface area contributed by atoms with Crippen LogP contribution >= 0.6 is 11.6 Å². The first kappa shape index (κ1) is 19.2. The van der Waals surface area contributed by atoms with Crippen molar-refractivity contribution in [1.82, 2.24) is 0 Å². The number of nitrogens with one attached hydrogen (secondary N) is 1. The molecule has 0 bridgehead atoms. The third kappa shape index (κ3) is 4.21. The SMILES string of the molecule is O=C(Nc1cc(C(F)(F)F)ccc1Cl)[C@@H]1CC(=O)N(c2ccc(F)cc2)C1. The molecule has 1 aliphatic rings. The summed E-state index contributed by atoms with van der Waals surface area (Å²) in [5.74, 6) is -2.18. The van der Waals surface area contributed by atoms with E-state index in [0.717, 1.165) is 18.2 Å². The van der Waals surface area contributed by atoms with Crippen molar-refractivity contribution in [3.63, 3.8) is 0 Å². The van der Waals surface area contributed by atoms with Crippen molar-refractivity contribution in [2.45, 2.75) is 12.6 Å². The summed E-state index contributed by atoms with van der Waals surface area (Å²) >= 11 is 5.87. The Hall–Kier alpha value is -2.61. The van der Waals surface area contributed by atoms with E-state index in [1.807, 2.05) is 0 Å². The van der Waals surface area contributed by atoms with Crippen LogP contribution in [0.4, 0.5) is 28.9 Å². The van der Waals surface area contributed by atoms with Crippen molar-refractivity contribution in [1.29, 1.82) is 0 Å². The lowest BCUT2D eigenvalue weighted by atomic mass is 10.1. The van der Waals surface area contributed by atoms with Gasteiger partial charge in [0.25, 0.3) is 0 Å². The first-order valence-electron chi connectivity index (χ1n) is 7.88. The summed E-state index contributed by atoms with van der Waals surface area (Å²) in [5, 5.41) is 2.31. The van der Waals surface area contributed by atoms with Crippen molar-refractivity contribution in [2.75, 3.05) is 16.8 Å². The van der Waals surface area contributed by atoms with Crippen LogP contribution in [0.15, 0.2) is 42.5 Å². The molecule has 1 fully saturated rings. The summed E-state index contributed by atoms with van der Waals surface area (Å²) in [7, 11) is 0. The molecule has 0 saturated carbocycles. The van der Waals surface area contributed by atoms with Gasteiger partial charge < -0.3 is 10.2 Å². The molecule has 2 aromatic carbocycles. The zero-order chi connectivity index (χ0) is 19.8. The smallest absolute Gasteiger partial charge is 0.324 e. The van der Waals surface area contributed by atoms with Crippen molar-refractivity contribution in [3.8, 4) is 0 Å². The number of carbonyl (C=O) groups excluding carboxylic acids is 2. The summed E-state index contributed by atoms with van der Waals surface area (Å²) in [4.78, 5) is 25.9. The molecule has 3 rings (SSSR count). The second-order valence-electron chi connectivity index (χ2n) is 6.06. The minimum absolute atomic E-state index is 0.0346. The Labute approximate surface area is 156 Å². The molecule has 2 aromatic rings. The molecule has 1 heterocycles. The Kier molecular flexibility index (Phi) is 5.10. The van der Waals surface area contributed by atoms with Crippen LogP contribution in [-0.2, 0) is 15.8 Å². The number of hydrogen-bond donors (Lipinski definition) is 1. The van der Waals surface area contributed by atoms with Crippen LogP contribution in [0.25, 0.3) is 0 Å². The zero-order valence-electron chi connectivity index (χ0n) is 13.7. The van der Waals surface area contributed by atoms with Crippen LogP contribution in [0.2, 0.25) is 5.02 Å². The van der Waals surface area contributed by atoms with Gasteiger partial charge in [-0.3, -0.25) is 9.59 Å². The summed E-state index contributed by atoms with van der Waals surface area (Å²) in [6.45, 7) is 0.0346. The highest BCUT2D eigenvalue weighted by atomic mass is 35.5. The maximum Gasteiger partial charge on any atom is 0.416 e. The van der Waals surface area contributed by atoms with E-state index in [4.69, 9.17) is 11.6 Å². The van der Waals surface area contributed by atoms with Crippen LogP contribution in [0.5, 0.6) is 0 Å². The molecular weight excluding hydrogens is 388 g/mol. The number of nitrogens with zero attached hydrogens (tertiary/aromatic N) is 1. The molecule has 2 amide bonds. The van der Waals surface area contributed by atoms with Crippen molar-refractivity contribution < 1.29 is 27.2 Å². The van der Waals surface area contributed by atoms with Gasteiger partial charge in [0.1, 0.15) is 5.82 Å². The average molecular weight is 401 g/mol. The molecule has 27 heavy (non-hydrogen) atoms. The molecule has 4 nitrogen and oxygen atoms in total. The highest BCUT2D eigenvalue weighted by Crippen LogP contribution is 2.34. The second kappa shape index (κ2) is 7.19. The van der Waals surface area contributed by atoms with Crippen LogP contribution in [0.3, 0.4) is 0 Å². The number of amides is 2. The standard InChI is InChI=1S/C18H13ClF4N2O2/c19-14-6-1-11(18(21,22)23)8-15(14)24-17(27)10-7-16(26)25(9-10)13-4-2-12(20)3-5-13/h1-6,8,10H,7,9H2,(H,24,27)/t10-/m1/s1. The molecule has 142 valence electrons. The van der Waals surface area contributed by atoms with Gasteiger partial charge in [0.2, 0.25) is 11.8 Å². The van der Waals surface area contributed by atoms with Crippen molar-refractivity contribution >= 4 is 34.8 Å². The fourth-order valence-corrected chi connectivity index (χ4v) is 2.95. The lowest BCUT2D eigenvalue weighted by Gasteiger charge is -2.17. The maximum absolute atomic E-state index is 13.0. The van der Waals surface area contributed by atoms with Gasteiger partial charge in [-0.15, -0.1) is 0 Å². The van der Waals surface area contributed by atoms with Gasteiger partial charge in [0, 0.05) is 18.7 Å². The van der Waals surface area contributed by atoms with Crippen molar-refractivity contribution in [2.24, 2.45) is 5.92 Å². The van der Waals surface area contributed by atoms with Crippen LogP contribution in [-0.4, -0.2) is 18.4 Å². The van der Waals surface area contributed by atoms with E-state index in [2.05, 4.69) is 5.32 Å². The Morgan fingerprint density at radius 3 is 2.44 bits per heavy atom. The average Bonchev–Trinajstić information content (AvgIpc) is 2.98. The number of benzene rings is 2. The van der Waals surface area contributed by atoms with E-state index in [1.165, 1.54) is 29.2 Å². The predicted molar refractivity (Wildman–Crippen MR) is 91.9 cm³/mol. The first-order valence-corrected chi connectivity index (χ1v) is 8.26. The van der Waals surface area contributed by atoms with Crippen LogP contribution in [0.1, 0.15) is 12.0 Å². The van der Waals surface area contributed by atoms with Gasteiger partial charge in [-0.2, -0.15) is 13.2 Å². The van der Waals surface area contributed by atoms with Gasteiger partial charge in [0.05, 0.1) is 22.2 Å². The van der Waals surface area contributed by atoms with Gasteiger partial charge in [-0.05, 0) is 42.5 Å². The van der Waals surface area contributed by atoms with E-state index in [9.17, 15) is 27.2 Å². The highest BCUT2D eigenvalue weighted by Gasteiger charge is 2.36. The minimum atomic E-state index is -4.58. The largest absolute Gasteiger partial charge is 0.416 e. The number of halogens is 5. The second-order valence-corrected chi connectivity index (χ2v) is 6.47. The number of alkyl halides is 3. The molecule has 1 aliphatic heterocycles. The minimum Gasteiger partial charge on any atom is -0.324 e. The van der Waals surface area contributed by atoms with Gasteiger partial charge >= 0.3 is 6.18 Å². The van der Waals surface area contributed by atoms with E-state index >= 15 is 0 Å². The quantitative estimate of drug-likeness (QED) is 0.772. The normalized spacial score (nSPS) is 17.3. The van der Waals surface area contributed by atoms with E-state index in [-0.39, 0.29) is 29.6 Å². The molecule has 0 aliphatic carbocycles. The van der Waals surface area contributed by atoms with E-state index in [1.54, 1.807) is 0 Å². The first-order chi connectivity index (χ1) is 12.6. The predicted octanol–water partition coefficient (Wildman–Crippen LogP) is 4.49. The third-order valence-corrected chi connectivity index (χ3v) is 4.52. The Morgan fingerprint density at radius 1 is 1.15 bits per heavy atom. The lowest BCUT2D eigenvalue weighted by Crippen LogP contribution is -2.28. The summed E-state index contributed by atoms with van der Waals surface area (Å²) in [5.41, 5.74) is -0.685. The fourth-order valence-electron chi connectivity index (χ4n) is 2.79. The topological polar surface area (TPSA) is 49.4 Å². The van der Waals surface area contributed by atoms with Gasteiger partial charge in [0.15, 0.2) is 0 Å².